The summed E-state index contributed by atoms with van der Waals surface area (Å²) in [5, 5.41) is 9.42. The topological polar surface area (TPSA) is 104 Å². The van der Waals surface area contributed by atoms with Crippen LogP contribution in [0.15, 0.2) is 30.5 Å². The van der Waals surface area contributed by atoms with Gasteiger partial charge in [0.1, 0.15) is 6.67 Å². The van der Waals surface area contributed by atoms with Crippen molar-refractivity contribution >= 4 is 34.8 Å². The van der Waals surface area contributed by atoms with Crippen molar-refractivity contribution in [3.63, 3.8) is 0 Å². The number of nitrogens with zero attached hydrogens (tertiary/aromatic N) is 2. The van der Waals surface area contributed by atoms with Gasteiger partial charge in [0.05, 0.1) is 40.5 Å². The minimum atomic E-state index is -0.536. The quantitative estimate of drug-likeness (QED) is 0.457. The van der Waals surface area contributed by atoms with Crippen LogP contribution in [0.25, 0.3) is 11.4 Å². The zero-order chi connectivity index (χ0) is 21.1. The Balaban J connectivity index is 1.83. The van der Waals surface area contributed by atoms with Gasteiger partial charge in [0.15, 0.2) is 5.75 Å². The third-order valence-corrected chi connectivity index (χ3v) is 4.98. The predicted octanol–water partition coefficient (Wildman–Crippen LogP) is 3.54. The van der Waals surface area contributed by atoms with E-state index in [1.807, 2.05) is 6.07 Å². The molecule has 2 aromatic heterocycles. The van der Waals surface area contributed by atoms with Crippen molar-refractivity contribution in [2.45, 2.75) is 6.42 Å². The molecule has 3 aromatic rings. The van der Waals surface area contributed by atoms with E-state index < -0.39 is 6.67 Å². The van der Waals surface area contributed by atoms with Gasteiger partial charge in [-0.3, -0.25) is 4.79 Å². The van der Waals surface area contributed by atoms with Crippen LogP contribution in [-0.2, 0) is 6.42 Å². The minimum Gasteiger partial charge on any atom is -0.493 e. The first-order valence-electron chi connectivity index (χ1n) is 9.38. The zero-order valence-corrected chi connectivity index (χ0v) is 16.9. The number of fused-ring (bicyclic) bond motifs is 1. The summed E-state index contributed by atoms with van der Waals surface area (Å²) in [5.74, 6) is 0.574. The summed E-state index contributed by atoms with van der Waals surface area (Å²) < 4.78 is 17.9. The number of carbonyl (C=O) groups excluding carboxylic acids is 1. The molecule has 0 unspecified atom stereocenters. The number of amides is 1. The van der Waals surface area contributed by atoms with Crippen LogP contribution in [0.5, 0.6) is 5.75 Å². The lowest BCUT2D eigenvalue weighted by molar-refractivity contribution is 0.0947. The van der Waals surface area contributed by atoms with Crippen LogP contribution < -0.4 is 20.7 Å². The highest BCUT2D eigenvalue weighted by Crippen LogP contribution is 2.40. The molecule has 1 aliphatic rings. The lowest BCUT2D eigenvalue weighted by Crippen LogP contribution is -2.31. The van der Waals surface area contributed by atoms with E-state index in [2.05, 4.69) is 30.9 Å². The standard InChI is InChI=1S/C20H20ClFN6O2/c1-30-18-11(21)3-2-4-14(18)27-17-15-12(5-8-23-19(15)29)26-16(17)13-6-9-24-20(28-13)25-10-7-22/h2-4,6,9,26-27H,5,7-8,10H2,1H3,(H,23,29)(H,24,25,28). The average molecular weight is 431 g/mol. The number of benzene rings is 1. The van der Waals surface area contributed by atoms with E-state index in [1.165, 1.54) is 7.11 Å². The molecule has 3 heterocycles. The predicted molar refractivity (Wildman–Crippen MR) is 114 cm³/mol. The second kappa shape index (κ2) is 8.58. The molecule has 0 saturated heterocycles. The number of anilines is 3. The van der Waals surface area contributed by atoms with E-state index in [4.69, 9.17) is 16.3 Å². The molecule has 4 rings (SSSR count). The van der Waals surface area contributed by atoms with E-state index in [0.29, 0.717) is 58.0 Å². The number of nitrogens with one attached hydrogen (secondary N) is 4. The van der Waals surface area contributed by atoms with Gasteiger partial charge in [-0.05, 0) is 18.2 Å². The average Bonchev–Trinajstić information content (AvgIpc) is 3.12. The smallest absolute Gasteiger partial charge is 0.255 e. The summed E-state index contributed by atoms with van der Waals surface area (Å²) in [6.07, 6.45) is 2.23. The SMILES string of the molecule is COc1c(Cl)cccc1Nc1c(-c2ccnc(NCCF)n2)[nH]c2c1C(=O)NCC2. The molecule has 1 aromatic carbocycles. The van der Waals surface area contributed by atoms with E-state index in [9.17, 15) is 9.18 Å². The van der Waals surface area contributed by atoms with Gasteiger partial charge >= 0.3 is 0 Å². The largest absolute Gasteiger partial charge is 0.493 e. The van der Waals surface area contributed by atoms with Crippen LogP contribution in [0.1, 0.15) is 16.1 Å². The summed E-state index contributed by atoms with van der Waals surface area (Å²) in [4.78, 5) is 24.5. The second-order valence-corrected chi connectivity index (χ2v) is 6.97. The zero-order valence-electron chi connectivity index (χ0n) is 16.2. The molecule has 30 heavy (non-hydrogen) atoms. The number of halogens is 2. The Bertz CT molecular complexity index is 1090. The van der Waals surface area contributed by atoms with Gasteiger partial charge in [-0.1, -0.05) is 17.7 Å². The monoisotopic (exact) mass is 430 g/mol. The van der Waals surface area contributed by atoms with E-state index in [0.717, 1.165) is 5.69 Å². The highest BCUT2D eigenvalue weighted by atomic mass is 35.5. The summed E-state index contributed by atoms with van der Waals surface area (Å²) in [6, 6.07) is 7.04. The number of ether oxygens (including phenoxy) is 1. The number of rotatable bonds is 7. The Morgan fingerprint density at radius 3 is 3.00 bits per heavy atom. The van der Waals surface area contributed by atoms with Gasteiger partial charge in [-0.15, -0.1) is 0 Å². The number of hydrogen-bond acceptors (Lipinski definition) is 6. The number of alkyl halides is 1. The number of aromatic amines is 1. The van der Waals surface area contributed by atoms with Gasteiger partial charge < -0.3 is 25.7 Å². The molecule has 0 radical (unpaired) electrons. The minimum absolute atomic E-state index is 0.109. The maximum Gasteiger partial charge on any atom is 0.255 e. The Morgan fingerprint density at radius 2 is 2.20 bits per heavy atom. The molecule has 0 aliphatic carbocycles. The molecule has 4 N–H and O–H groups in total. The molecule has 10 heteroatoms. The van der Waals surface area contributed by atoms with Crippen LogP contribution in [0.2, 0.25) is 5.02 Å². The van der Waals surface area contributed by atoms with Crippen molar-refractivity contribution in [3.05, 3.63) is 46.7 Å². The van der Waals surface area contributed by atoms with Gasteiger partial charge in [-0.25, -0.2) is 14.4 Å². The van der Waals surface area contributed by atoms with Gasteiger partial charge in [0.25, 0.3) is 5.91 Å². The van der Waals surface area contributed by atoms with Crippen molar-refractivity contribution in [1.29, 1.82) is 0 Å². The third-order valence-electron chi connectivity index (χ3n) is 4.69. The van der Waals surface area contributed by atoms with Crippen molar-refractivity contribution in [2.75, 3.05) is 37.5 Å². The number of aromatic nitrogens is 3. The molecule has 0 saturated carbocycles. The molecule has 1 aliphatic heterocycles. The number of methoxy groups -OCH3 is 1. The summed E-state index contributed by atoms with van der Waals surface area (Å²) in [5.41, 5.74) is 3.64. The van der Waals surface area contributed by atoms with Crippen molar-refractivity contribution in [2.24, 2.45) is 0 Å². The maximum atomic E-state index is 12.7. The first kappa shape index (κ1) is 20.0. The lowest BCUT2D eigenvalue weighted by Gasteiger charge is -2.17. The number of H-pyrrole nitrogens is 1. The first-order chi connectivity index (χ1) is 14.6. The Labute approximate surface area is 177 Å². The van der Waals surface area contributed by atoms with Crippen LogP contribution in [0.4, 0.5) is 21.7 Å². The molecule has 0 spiro atoms. The summed E-state index contributed by atoms with van der Waals surface area (Å²) in [6.45, 7) is 0.114. The fourth-order valence-corrected chi connectivity index (χ4v) is 3.64. The normalized spacial score (nSPS) is 12.8. The first-order valence-corrected chi connectivity index (χ1v) is 9.76. The van der Waals surface area contributed by atoms with Crippen molar-refractivity contribution in [1.82, 2.24) is 20.3 Å². The Hall–Kier alpha value is -3.33. The van der Waals surface area contributed by atoms with Crippen LogP contribution in [0, 0.1) is 0 Å². The molecule has 8 nitrogen and oxygen atoms in total. The molecular formula is C20H20ClFN6O2. The van der Waals surface area contributed by atoms with E-state index >= 15 is 0 Å². The number of hydrogen-bond donors (Lipinski definition) is 4. The highest BCUT2D eigenvalue weighted by molar-refractivity contribution is 6.32. The fraction of sp³-hybridized carbons (Fsp3) is 0.250. The number of para-hydroxylation sites is 1. The Kier molecular flexibility index (Phi) is 5.71. The fourth-order valence-electron chi connectivity index (χ4n) is 3.39. The van der Waals surface area contributed by atoms with E-state index in [-0.39, 0.29) is 12.5 Å². The molecule has 156 valence electrons. The van der Waals surface area contributed by atoms with Crippen molar-refractivity contribution in [3.8, 4) is 17.1 Å². The van der Waals surface area contributed by atoms with E-state index in [1.54, 1.807) is 24.4 Å². The summed E-state index contributed by atoms with van der Waals surface area (Å²) in [7, 11) is 1.53. The third kappa shape index (κ3) is 3.76. The Morgan fingerprint density at radius 1 is 1.33 bits per heavy atom. The second-order valence-electron chi connectivity index (χ2n) is 6.56. The van der Waals surface area contributed by atoms with Gasteiger partial charge in [0, 0.05) is 31.4 Å². The number of carbonyl (C=O) groups is 1. The van der Waals surface area contributed by atoms with Gasteiger partial charge in [-0.2, -0.15) is 0 Å². The maximum absolute atomic E-state index is 12.7. The van der Waals surface area contributed by atoms with Crippen molar-refractivity contribution < 1.29 is 13.9 Å². The van der Waals surface area contributed by atoms with Crippen LogP contribution >= 0.6 is 11.6 Å². The van der Waals surface area contributed by atoms with Crippen LogP contribution in [-0.4, -0.2) is 47.7 Å². The van der Waals surface area contributed by atoms with Gasteiger partial charge in [0.2, 0.25) is 5.95 Å². The molecule has 0 atom stereocenters. The lowest BCUT2D eigenvalue weighted by atomic mass is 10.1. The van der Waals surface area contributed by atoms with Crippen LogP contribution in [0.3, 0.4) is 0 Å². The highest BCUT2D eigenvalue weighted by Gasteiger charge is 2.28. The summed E-state index contributed by atoms with van der Waals surface area (Å²) >= 11 is 6.26. The molecule has 1 amide bonds. The molecule has 0 bridgehead atoms. The molecular weight excluding hydrogens is 411 g/mol. The molecule has 0 fully saturated rings.